The fourth-order valence-corrected chi connectivity index (χ4v) is 30.4. The third-order valence-electron chi connectivity index (χ3n) is 8.15. The van der Waals surface area contributed by atoms with E-state index in [2.05, 4.69) is 34.6 Å². The van der Waals surface area contributed by atoms with E-state index in [1.54, 1.807) is 12.1 Å². The van der Waals surface area contributed by atoms with Gasteiger partial charge in [0, 0.05) is 0 Å². The molecule has 2 rings (SSSR count). The van der Waals surface area contributed by atoms with Crippen LogP contribution in [0, 0.1) is 5.92 Å². The summed E-state index contributed by atoms with van der Waals surface area (Å²) in [5, 5.41) is 10.9. The number of benzene rings is 2. The van der Waals surface area contributed by atoms with Crippen LogP contribution in [0.25, 0.3) is 0 Å². The molecule has 1 unspecified atom stereocenters. The molecule has 0 amide bonds. The summed E-state index contributed by atoms with van der Waals surface area (Å²) in [6.45, 7) is 11.0. The number of aliphatic hydroxyl groups excluding tert-OH is 1. The van der Waals surface area contributed by atoms with Gasteiger partial charge in [-0.2, -0.15) is 0 Å². The zero-order valence-electron chi connectivity index (χ0n) is 23.9. The third kappa shape index (κ3) is 8.30. The zero-order valence-corrected chi connectivity index (χ0v) is 27.6. The second-order valence-corrected chi connectivity index (χ2v) is 26.3. The van der Waals surface area contributed by atoms with Gasteiger partial charge in [-0.15, -0.1) is 0 Å². The fraction of sp³-hybridized carbons (Fsp3) is 0.613. The van der Waals surface area contributed by atoms with Gasteiger partial charge in [0.05, 0.1) is 0 Å². The van der Waals surface area contributed by atoms with Gasteiger partial charge in [0.15, 0.2) is 0 Å². The first kappa shape index (κ1) is 32.3. The summed E-state index contributed by atoms with van der Waals surface area (Å²) >= 11 is -3.18. The molecule has 0 aromatic heterocycles. The van der Waals surface area contributed by atoms with Gasteiger partial charge in [0.1, 0.15) is 0 Å². The van der Waals surface area contributed by atoms with Crippen molar-refractivity contribution >= 4 is 28.4 Å². The van der Waals surface area contributed by atoms with Crippen molar-refractivity contribution in [2.24, 2.45) is 5.92 Å². The number of nitrogens with zero attached hydrogens (tertiary/aromatic N) is 1. The second kappa shape index (κ2) is 16.3. The van der Waals surface area contributed by atoms with Crippen LogP contribution in [0.3, 0.4) is 0 Å². The van der Waals surface area contributed by atoms with Crippen LogP contribution in [0.5, 0.6) is 0 Å². The van der Waals surface area contributed by atoms with E-state index in [1.165, 1.54) is 32.6 Å². The second-order valence-electron chi connectivity index (χ2n) is 10.8. The van der Waals surface area contributed by atoms with Gasteiger partial charge in [-0.05, 0) is 0 Å². The molecular formula is C31H51NO3SSn. The molecule has 1 N–H and O–H groups in total. The molecule has 4 nitrogen and oxygen atoms in total. The fourth-order valence-electron chi connectivity index (χ4n) is 5.99. The van der Waals surface area contributed by atoms with Gasteiger partial charge in [0.2, 0.25) is 0 Å². The number of hydrogen-bond acceptors (Lipinski definition) is 3. The van der Waals surface area contributed by atoms with Crippen LogP contribution < -0.4 is 0 Å². The summed E-state index contributed by atoms with van der Waals surface area (Å²) in [5.41, 5.74) is 0.875. The average Bonchev–Trinajstić information content (AvgIpc) is 2.93. The zero-order chi connectivity index (χ0) is 27.3. The topological polar surface area (TPSA) is 57.6 Å². The van der Waals surface area contributed by atoms with Crippen molar-refractivity contribution in [1.29, 1.82) is 0 Å². The molecule has 2 aromatic rings. The molecule has 0 spiro atoms. The predicted molar refractivity (Wildman–Crippen MR) is 160 cm³/mol. The van der Waals surface area contributed by atoms with Crippen LogP contribution in [-0.4, -0.2) is 46.9 Å². The maximum atomic E-state index is 14.7. The van der Waals surface area contributed by atoms with Crippen molar-refractivity contribution in [3.63, 3.8) is 0 Å². The first-order valence-electron chi connectivity index (χ1n) is 14.6. The van der Waals surface area contributed by atoms with Crippen LogP contribution in [0.15, 0.2) is 65.6 Å². The Kier molecular flexibility index (Phi) is 14.2. The van der Waals surface area contributed by atoms with Gasteiger partial charge < -0.3 is 0 Å². The number of aliphatic hydroxyl groups is 1. The van der Waals surface area contributed by atoms with Gasteiger partial charge in [-0.1, -0.05) is 0 Å². The molecule has 0 aliphatic heterocycles. The summed E-state index contributed by atoms with van der Waals surface area (Å²) in [4.78, 5) is 0.333. The molecule has 0 saturated heterocycles. The minimum atomic E-state index is -3.85. The average molecular weight is 637 g/mol. The Balaban J connectivity index is 2.89. The van der Waals surface area contributed by atoms with E-state index in [0.717, 1.165) is 31.2 Å². The van der Waals surface area contributed by atoms with Gasteiger partial charge in [-0.3, -0.25) is 0 Å². The molecule has 0 fully saturated rings. The summed E-state index contributed by atoms with van der Waals surface area (Å²) in [5.74, 6) is 0.234. The van der Waals surface area contributed by atoms with E-state index >= 15 is 0 Å². The van der Waals surface area contributed by atoms with E-state index in [0.29, 0.717) is 4.90 Å². The predicted octanol–water partition coefficient (Wildman–Crippen LogP) is 8.21. The molecule has 37 heavy (non-hydrogen) atoms. The quantitative estimate of drug-likeness (QED) is 0.168. The third-order valence-corrected chi connectivity index (χ3v) is 28.1. The number of sulfonamides is 1. The molecule has 208 valence electrons. The van der Waals surface area contributed by atoms with Crippen molar-refractivity contribution < 1.29 is 13.5 Å². The van der Waals surface area contributed by atoms with E-state index < -0.39 is 34.4 Å². The molecule has 2 aromatic carbocycles. The SMILES string of the molecule is CCC[CH2][Sn]([CH2]CCC)([CH2]CCC)[C@@H](C(C)CC)N([C@@H](CO)c1ccccc1)S(=O)(=O)c1ccccc1. The van der Waals surface area contributed by atoms with Gasteiger partial charge in [-0.25, -0.2) is 0 Å². The van der Waals surface area contributed by atoms with Crippen molar-refractivity contribution in [1.82, 2.24) is 4.31 Å². The van der Waals surface area contributed by atoms with E-state index in [4.69, 9.17) is 0 Å². The minimum absolute atomic E-state index is 0.00786. The first-order valence-corrected chi connectivity index (χ1v) is 23.7. The monoisotopic (exact) mass is 637 g/mol. The summed E-state index contributed by atoms with van der Waals surface area (Å²) in [7, 11) is -3.85. The Morgan fingerprint density at radius 2 is 1.24 bits per heavy atom. The molecule has 6 heteroatoms. The maximum absolute atomic E-state index is 14.7. The first-order chi connectivity index (χ1) is 17.8. The molecular weight excluding hydrogens is 585 g/mol. The number of hydrogen-bond donors (Lipinski definition) is 1. The summed E-state index contributed by atoms with van der Waals surface area (Å²) < 4.78 is 34.9. The molecule has 0 aliphatic carbocycles. The van der Waals surface area contributed by atoms with Crippen molar-refractivity contribution in [2.75, 3.05) is 6.61 Å². The molecule has 0 bridgehead atoms. The van der Waals surface area contributed by atoms with Crippen LogP contribution in [0.4, 0.5) is 0 Å². The molecule has 0 aliphatic rings. The van der Waals surface area contributed by atoms with Crippen molar-refractivity contribution in [3.8, 4) is 0 Å². The molecule has 0 radical (unpaired) electrons. The van der Waals surface area contributed by atoms with E-state index in [-0.39, 0.29) is 16.6 Å². The van der Waals surface area contributed by atoms with Crippen molar-refractivity contribution in [3.05, 3.63) is 66.2 Å². The van der Waals surface area contributed by atoms with Crippen LogP contribution in [-0.2, 0) is 10.0 Å². The summed E-state index contributed by atoms with van der Waals surface area (Å²) in [6.07, 6.45) is 7.86. The normalized spacial score (nSPS) is 15.0. The van der Waals surface area contributed by atoms with Crippen LogP contribution >= 0.6 is 0 Å². The Labute approximate surface area is 231 Å². The van der Waals surface area contributed by atoms with Gasteiger partial charge >= 0.3 is 233 Å². The van der Waals surface area contributed by atoms with Crippen molar-refractivity contribution in [2.45, 2.75) is 108 Å². The summed E-state index contributed by atoms with van der Waals surface area (Å²) in [6, 6.07) is 18.1. The Hall–Kier alpha value is -0.891. The molecule has 0 saturated carbocycles. The van der Waals surface area contributed by atoms with E-state index in [1.807, 2.05) is 52.8 Å². The molecule has 3 atom stereocenters. The van der Waals surface area contributed by atoms with Crippen LogP contribution in [0.1, 0.15) is 91.2 Å². The standard InChI is InChI=1S/C19H24NO3S.3C4H9.Sn/c1-3-16(2)14-20(19(15-21)17-10-6-4-7-11-17)24(22,23)18-12-8-5-9-13-18;3*1-3-4-2;/h4-14,16,19,21H,3,15H2,1-2H3;3*1,3-4H2,2H3;/t16?,19-;;;;/m0..../s1. The van der Waals surface area contributed by atoms with Crippen LogP contribution in [0.2, 0.25) is 13.3 Å². The Bertz CT molecular complexity index is 962. The van der Waals surface area contributed by atoms with E-state index in [9.17, 15) is 13.5 Å². The Morgan fingerprint density at radius 3 is 1.65 bits per heavy atom. The Morgan fingerprint density at radius 1 is 0.784 bits per heavy atom. The number of rotatable bonds is 18. The number of unbranched alkanes of at least 4 members (excludes halogenated alkanes) is 3. The van der Waals surface area contributed by atoms with Gasteiger partial charge in [0.25, 0.3) is 0 Å². The molecule has 0 heterocycles.